The zero-order valence-electron chi connectivity index (χ0n) is 37.8. The van der Waals surface area contributed by atoms with Crippen molar-refractivity contribution in [2.75, 3.05) is 0 Å². The second kappa shape index (κ2) is 15.1. The molecule has 0 fully saturated rings. The molecular weight excluding hydrogens is 811 g/mol. The summed E-state index contributed by atoms with van der Waals surface area (Å²) in [6.07, 6.45) is 0. The first-order valence-electron chi connectivity index (χ1n) is 23.3. The zero-order valence-corrected chi connectivity index (χ0v) is 37.8. The van der Waals surface area contributed by atoms with E-state index in [4.69, 9.17) is 0 Å². The van der Waals surface area contributed by atoms with E-state index in [0.29, 0.717) is 0 Å². The third kappa shape index (κ3) is 6.26. The third-order valence-corrected chi connectivity index (χ3v) is 14.0. The van der Waals surface area contributed by atoms with E-state index in [1.54, 1.807) is 0 Å². The van der Waals surface area contributed by atoms with Gasteiger partial charge in [-0.15, -0.1) is 0 Å². The van der Waals surface area contributed by atoms with Crippen molar-refractivity contribution in [3.05, 3.63) is 236 Å². The molecule has 0 saturated carbocycles. The Kier molecular flexibility index (Phi) is 8.78. The number of para-hydroxylation sites is 3. The molecule has 0 aliphatic heterocycles. The third-order valence-electron chi connectivity index (χ3n) is 14.0. The monoisotopic (exact) mass is 857 g/mol. The van der Waals surface area contributed by atoms with E-state index in [0.717, 1.165) is 17.1 Å². The molecule has 3 aromatic heterocycles. The molecule has 67 heavy (non-hydrogen) atoms. The summed E-state index contributed by atoms with van der Waals surface area (Å²) < 4.78 is 7.42. The Labute approximate surface area is 390 Å². The molecule has 0 N–H and O–H groups in total. The van der Waals surface area contributed by atoms with Crippen molar-refractivity contribution < 1.29 is 0 Å². The number of nitrogens with zero attached hydrogens (tertiary/aromatic N) is 3. The summed E-state index contributed by atoms with van der Waals surface area (Å²) in [7, 11) is 0. The maximum Gasteiger partial charge on any atom is 0.0641 e. The Bertz CT molecular complexity index is 3970. The largest absolute Gasteiger partial charge is 0.309 e. The number of hydrogen-bond acceptors (Lipinski definition) is 0. The molecule has 0 bridgehead atoms. The van der Waals surface area contributed by atoms with E-state index in [9.17, 15) is 0 Å². The summed E-state index contributed by atoms with van der Waals surface area (Å²) in [5, 5.41) is 7.41. The van der Waals surface area contributed by atoms with E-state index in [1.165, 1.54) is 104 Å². The van der Waals surface area contributed by atoms with Crippen LogP contribution in [-0.2, 0) is 5.41 Å². The van der Waals surface area contributed by atoms with Crippen molar-refractivity contribution >= 4 is 65.4 Å². The molecule has 318 valence electrons. The van der Waals surface area contributed by atoms with E-state index < -0.39 is 0 Å². The average Bonchev–Trinajstić information content (AvgIpc) is 4.02. The van der Waals surface area contributed by atoms with Gasteiger partial charge in [0.25, 0.3) is 0 Å². The van der Waals surface area contributed by atoms with Gasteiger partial charge in [0.1, 0.15) is 0 Å². The first-order chi connectivity index (χ1) is 32.9. The minimum Gasteiger partial charge on any atom is -0.309 e. The lowest BCUT2D eigenvalue weighted by molar-refractivity contribution is 0.590. The molecule has 0 atom stereocenters. The fourth-order valence-corrected chi connectivity index (χ4v) is 10.7. The van der Waals surface area contributed by atoms with Gasteiger partial charge in [-0.2, -0.15) is 0 Å². The topological polar surface area (TPSA) is 14.8 Å². The van der Waals surface area contributed by atoms with Crippen molar-refractivity contribution in [3.63, 3.8) is 0 Å². The number of aromatic nitrogens is 3. The minimum atomic E-state index is 0.123. The number of benzene rings is 10. The van der Waals surface area contributed by atoms with Gasteiger partial charge in [0, 0.05) is 49.4 Å². The molecule has 10 aromatic carbocycles. The molecule has 0 amide bonds. The van der Waals surface area contributed by atoms with Crippen molar-refractivity contribution in [1.82, 2.24) is 13.7 Å². The van der Waals surface area contributed by atoms with Crippen molar-refractivity contribution in [1.29, 1.82) is 0 Å². The van der Waals surface area contributed by atoms with Gasteiger partial charge in [-0.1, -0.05) is 178 Å². The van der Waals surface area contributed by atoms with Crippen LogP contribution in [-0.4, -0.2) is 13.7 Å². The van der Waals surface area contributed by atoms with E-state index in [2.05, 4.69) is 265 Å². The van der Waals surface area contributed by atoms with Gasteiger partial charge < -0.3 is 13.7 Å². The second-order valence-corrected chi connectivity index (χ2v) is 19.0. The Morgan fingerprint density at radius 2 is 0.716 bits per heavy atom. The zero-order chi connectivity index (χ0) is 44.8. The molecular formula is C64H47N3. The molecule has 0 aliphatic rings. The highest BCUT2D eigenvalue weighted by molar-refractivity contribution is 6.26. The standard InChI is InChI=1S/C64H47N3/c1-64(2,3)48-30-26-44(27-31-48)45-28-32-49(33-29-45)65-57-23-13-11-21-53(57)56-41-50(34-36-60(56)65)66-59-25-15-12-22-55(59)62-61(66)37-35-54-52-20-10-14-24-58(52)67(63(54)62)51-39-46(42-16-6-4-7-17-42)38-47(40-51)43-18-8-5-9-19-43/h4-41H,1-3H3. The highest BCUT2D eigenvalue weighted by atomic mass is 15.0. The normalized spacial score (nSPS) is 12.1. The van der Waals surface area contributed by atoms with Gasteiger partial charge in [0.15, 0.2) is 0 Å². The van der Waals surface area contributed by atoms with Crippen LogP contribution in [0.1, 0.15) is 26.3 Å². The van der Waals surface area contributed by atoms with Crippen LogP contribution < -0.4 is 0 Å². The van der Waals surface area contributed by atoms with Crippen LogP contribution >= 0.6 is 0 Å². The smallest absolute Gasteiger partial charge is 0.0641 e. The summed E-state index contributed by atoms with van der Waals surface area (Å²) in [6.45, 7) is 6.79. The van der Waals surface area contributed by atoms with Crippen LogP contribution in [0.25, 0.3) is 116 Å². The van der Waals surface area contributed by atoms with Crippen LogP contribution in [0.3, 0.4) is 0 Å². The lowest BCUT2D eigenvalue weighted by Crippen LogP contribution is -2.10. The minimum absolute atomic E-state index is 0.123. The van der Waals surface area contributed by atoms with Crippen molar-refractivity contribution in [2.45, 2.75) is 26.2 Å². The number of hydrogen-bond donors (Lipinski definition) is 0. The highest BCUT2D eigenvalue weighted by Gasteiger charge is 2.23. The fraction of sp³-hybridized carbons (Fsp3) is 0.0625. The average molecular weight is 858 g/mol. The molecule has 0 saturated heterocycles. The molecule has 3 heteroatoms. The van der Waals surface area contributed by atoms with E-state index in [-0.39, 0.29) is 5.41 Å². The predicted octanol–water partition coefficient (Wildman–Crippen LogP) is 17.3. The molecule has 0 aliphatic carbocycles. The molecule has 3 nitrogen and oxygen atoms in total. The first-order valence-corrected chi connectivity index (χ1v) is 23.3. The maximum absolute atomic E-state index is 2.52. The Morgan fingerprint density at radius 1 is 0.269 bits per heavy atom. The molecule has 13 rings (SSSR count). The van der Waals surface area contributed by atoms with Crippen LogP contribution in [0.15, 0.2) is 231 Å². The fourth-order valence-electron chi connectivity index (χ4n) is 10.7. The van der Waals surface area contributed by atoms with Crippen LogP contribution in [0.2, 0.25) is 0 Å². The second-order valence-electron chi connectivity index (χ2n) is 19.0. The van der Waals surface area contributed by atoms with E-state index in [1.807, 2.05) is 0 Å². The highest BCUT2D eigenvalue weighted by Crippen LogP contribution is 2.44. The number of fused-ring (bicyclic) bond motifs is 10. The van der Waals surface area contributed by atoms with Crippen LogP contribution in [0.5, 0.6) is 0 Å². The molecule has 13 aromatic rings. The molecule has 0 unspecified atom stereocenters. The maximum atomic E-state index is 2.52. The Balaban J connectivity index is 1.02. The molecule has 0 radical (unpaired) electrons. The van der Waals surface area contributed by atoms with Gasteiger partial charge in [-0.25, -0.2) is 0 Å². The van der Waals surface area contributed by atoms with Gasteiger partial charge in [-0.05, 0) is 117 Å². The van der Waals surface area contributed by atoms with Crippen LogP contribution in [0.4, 0.5) is 0 Å². The quantitative estimate of drug-likeness (QED) is 0.158. The van der Waals surface area contributed by atoms with Gasteiger partial charge in [0.05, 0.1) is 33.1 Å². The van der Waals surface area contributed by atoms with E-state index >= 15 is 0 Å². The van der Waals surface area contributed by atoms with Gasteiger partial charge in [0.2, 0.25) is 0 Å². The Morgan fingerprint density at radius 3 is 1.33 bits per heavy atom. The van der Waals surface area contributed by atoms with Crippen molar-refractivity contribution in [2.24, 2.45) is 0 Å². The van der Waals surface area contributed by atoms with Gasteiger partial charge in [-0.3, -0.25) is 0 Å². The van der Waals surface area contributed by atoms with Crippen molar-refractivity contribution in [3.8, 4) is 50.4 Å². The summed E-state index contributed by atoms with van der Waals surface area (Å²) in [5.74, 6) is 0. The summed E-state index contributed by atoms with van der Waals surface area (Å²) in [4.78, 5) is 0. The summed E-state index contributed by atoms with van der Waals surface area (Å²) >= 11 is 0. The first kappa shape index (κ1) is 39.0. The summed E-state index contributed by atoms with van der Waals surface area (Å²) in [5.41, 5.74) is 19.2. The Hall–Kier alpha value is -8.40. The predicted molar refractivity (Wildman–Crippen MR) is 284 cm³/mol. The van der Waals surface area contributed by atoms with Crippen LogP contribution in [0, 0.1) is 0 Å². The SMILES string of the molecule is CC(C)(C)c1ccc(-c2ccc(-n3c4ccccc4c4cc(-n5c6ccccc6c6c5ccc5c7ccccc7n(-c7cc(-c8ccccc8)cc(-c8ccccc8)c7)c56)ccc43)cc2)cc1. The lowest BCUT2D eigenvalue weighted by atomic mass is 9.86. The number of rotatable bonds is 6. The molecule has 3 heterocycles. The van der Waals surface area contributed by atoms with Gasteiger partial charge >= 0.3 is 0 Å². The lowest BCUT2D eigenvalue weighted by Gasteiger charge is -2.19. The molecule has 0 spiro atoms. The summed E-state index contributed by atoms with van der Waals surface area (Å²) in [6, 6.07) is 85.1.